The average molecular weight is 547 g/mol. The van der Waals surface area contributed by atoms with Crippen LogP contribution in [0.1, 0.15) is 96.0 Å². The van der Waals surface area contributed by atoms with Gasteiger partial charge in [-0.3, -0.25) is 14.4 Å². The molecule has 4 atom stereocenters. The number of aromatic nitrogens is 1. The van der Waals surface area contributed by atoms with Gasteiger partial charge in [0.25, 0.3) is 5.91 Å². The number of amides is 1. The van der Waals surface area contributed by atoms with E-state index in [0.717, 1.165) is 19.3 Å². The Bertz CT molecular complexity index is 1020. The van der Waals surface area contributed by atoms with E-state index in [-0.39, 0.29) is 35.0 Å². The van der Waals surface area contributed by atoms with Gasteiger partial charge in [0.1, 0.15) is 18.2 Å². The fourth-order valence-electron chi connectivity index (χ4n) is 5.49. The summed E-state index contributed by atoms with van der Waals surface area (Å²) in [6.45, 7) is 6.53. The van der Waals surface area contributed by atoms with Gasteiger partial charge in [-0.2, -0.15) is 0 Å². The first-order chi connectivity index (χ1) is 18.6. The van der Waals surface area contributed by atoms with E-state index in [1.165, 1.54) is 52.0 Å². The Hall–Kier alpha value is -3.17. The van der Waals surface area contributed by atoms with Gasteiger partial charge in [-0.1, -0.05) is 52.4 Å². The van der Waals surface area contributed by atoms with E-state index < -0.39 is 36.1 Å². The highest BCUT2D eigenvalue weighted by molar-refractivity contribution is 5.98. The molecule has 1 N–H and O–H groups in total. The topological polar surface area (TPSA) is 130 Å². The van der Waals surface area contributed by atoms with Gasteiger partial charge in [0.05, 0.1) is 13.0 Å². The summed E-state index contributed by atoms with van der Waals surface area (Å²) in [6.07, 6.45) is 8.55. The molecule has 39 heavy (non-hydrogen) atoms. The number of esters is 3. The first-order valence-electron chi connectivity index (χ1n) is 14.0. The molecule has 0 radical (unpaired) electrons. The standard InChI is InChI=1S/C29H42N2O8/c1-17(2)28(34)39-25-18(3)37-29(35)22(13-9-8-12-21(25)16-20-10-6-7-11-20)31-27(33)24-26(38-19(4)32)23(36-5)14-15-30-24/h14-15,17-18,20-22,25H,6-13,16H2,1-5H3,(H,31,33). The maximum absolute atomic E-state index is 13.3. The van der Waals surface area contributed by atoms with Crippen LogP contribution in [0.2, 0.25) is 0 Å². The minimum Gasteiger partial charge on any atom is -0.493 e. The van der Waals surface area contributed by atoms with Gasteiger partial charge < -0.3 is 24.3 Å². The second kappa shape index (κ2) is 14.3. The normalized spacial score (nSPS) is 24.5. The molecule has 3 rings (SSSR count). The molecule has 1 aromatic rings. The van der Waals surface area contributed by atoms with Crippen LogP contribution < -0.4 is 14.8 Å². The third-order valence-electron chi connectivity index (χ3n) is 7.52. The quantitative estimate of drug-likeness (QED) is 0.472. The molecule has 0 bridgehead atoms. The Balaban J connectivity index is 1.79. The fourth-order valence-corrected chi connectivity index (χ4v) is 5.49. The molecule has 4 unspecified atom stereocenters. The zero-order valence-electron chi connectivity index (χ0n) is 23.7. The minimum atomic E-state index is -0.953. The van der Waals surface area contributed by atoms with Gasteiger partial charge in [-0.15, -0.1) is 0 Å². The van der Waals surface area contributed by atoms with Crippen LogP contribution in [0, 0.1) is 17.8 Å². The van der Waals surface area contributed by atoms with Crippen LogP contribution in [0.25, 0.3) is 0 Å². The van der Waals surface area contributed by atoms with Gasteiger partial charge in [0, 0.05) is 19.2 Å². The summed E-state index contributed by atoms with van der Waals surface area (Å²) in [6, 6.07) is 0.515. The number of carbonyl (C=O) groups excluding carboxylic acids is 4. The first kappa shape index (κ1) is 30.4. The Labute approximate surface area is 230 Å². The van der Waals surface area contributed by atoms with E-state index in [1.807, 2.05) is 0 Å². The molecule has 0 spiro atoms. The summed E-state index contributed by atoms with van der Waals surface area (Å²) >= 11 is 0. The zero-order valence-corrected chi connectivity index (χ0v) is 23.7. The highest BCUT2D eigenvalue weighted by atomic mass is 16.6. The van der Waals surface area contributed by atoms with Gasteiger partial charge in [0.15, 0.2) is 11.4 Å². The van der Waals surface area contributed by atoms with E-state index in [1.54, 1.807) is 20.8 Å². The number of hydrogen-bond donors (Lipinski definition) is 1. The molecule has 1 saturated carbocycles. The van der Waals surface area contributed by atoms with Gasteiger partial charge >= 0.3 is 17.9 Å². The Morgan fingerprint density at radius 3 is 2.41 bits per heavy atom. The van der Waals surface area contributed by atoms with Crippen molar-refractivity contribution < 1.29 is 38.1 Å². The maximum Gasteiger partial charge on any atom is 0.329 e. The van der Waals surface area contributed by atoms with Gasteiger partial charge in [0.2, 0.25) is 5.75 Å². The Kier molecular flexibility index (Phi) is 11.1. The number of pyridine rings is 1. The summed E-state index contributed by atoms with van der Waals surface area (Å²) in [5.74, 6) is -1.84. The molecule has 1 aromatic heterocycles. The van der Waals surface area contributed by atoms with E-state index in [4.69, 9.17) is 18.9 Å². The average Bonchev–Trinajstić information content (AvgIpc) is 3.40. The summed E-state index contributed by atoms with van der Waals surface area (Å²) in [4.78, 5) is 54.8. The van der Waals surface area contributed by atoms with Crippen LogP contribution in [-0.2, 0) is 23.9 Å². The molecule has 1 saturated heterocycles. The lowest BCUT2D eigenvalue weighted by Gasteiger charge is -2.35. The summed E-state index contributed by atoms with van der Waals surface area (Å²) in [7, 11) is 1.38. The largest absolute Gasteiger partial charge is 0.493 e. The van der Waals surface area contributed by atoms with Crippen LogP contribution in [0.3, 0.4) is 0 Å². The SMILES string of the molecule is COc1ccnc(C(=O)NC2CCCCC(CC3CCCC3)C(OC(=O)C(C)C)C(C)OC2=O)c1OC(C)=O. The van der Waals surface area contributed by atoms with E-state index in [0.29, 0.717) is 18.8 Å². The van der Waals surface area contributed by atoms with Crippen LogP contribution in [-0.4, -0.2) is 54.2 Å². The van der Waals surface area contributed by atoms with Crippen molar-refractivity contribution in [3.8, 4) is 11.5 Å². The number of hydrogen-bond acceptors (Lipinski definition) is 9. The van der Waals surface area contributed by atoms with Gasteiger partial charge in [-0.25, -0.2) is 9.78 Å². The lowest BCUT2D eigenvalue weighted by atomic mass is 9.83. The van der Waals surface area contributed by atoms with Crippen molar-refractivity contribution >= 4 is 23.8 Å². The smallest absolute Gasteiger partial charge is 0.329 e. The number of nitrogens with one attached hydrogen (secondary N) is 1. The molecule has 0 aromatic carbocycles. The first-order valence-corrected chi connectivity index (χ1v) is 14.0. The molecular formula is C29H42N2O8. The predicted octanol–water partition coefficient (Wildman–Crippen LogP) is 4.38. The number of nitrogens with zero attached hydrogens (tertiary/aromatic N) is 1. The number of cyclic esters (lactones) is 1. The van der Waals surface area contributed by atoms with Crippen LogP contribution in [0.15, 0.2) is 12.3 Å². The molecule has 1 aliphatic heterocycles. The van der Waals surface area contributed by atoms with Crippen molar-refractivity contribution in [1.29, 1.82) is 0 Å². The molecule has 2 heterocycles. The number of methoxy groups -OCH3 is 1. The highest BCUT2D eigenvalue weighted by Crippen LogP contribution is 2.36. The summed E-state index contributed by atoms with van der Waals surface area (Å²) in [5, 5.41) is 2.70. The zero-order chi connectivity index (χ0) is 28.5. The van der Waals surface area contributed by atoms with Crippen molar-refractivity contribution in [2.75, 3.05) is 7.11 Å². The lowest BCUT2D eigenvalue weighted by molar-refractivity contribution is -0.176. The highest BCUT2D eigenvalue weighted by Gasteiger charge is 2.38. The van der Waals surface area contributed by atoms with Crippen LogP contribution in [0.5, 0.6) is 11.5 Å². The molecule has 10 heteroatoms. The molecule has 2 aliphatic rings. The van der Waals surface area contributed by atoms with Crippen LogP contribution in [0.4, 0.5) is 0 Å². The molecule has 1 aliphatic carbocycles. The minimum absolute atomic E-state index is 0.0945. The fraction of sp³-hybridized carbons (Fsp3) is 0.690. The number of rotatable bonds is 8. The third-order valence-corrected chi connectivity index (χ3v) is 7.52. The van der Waals surface area contributed by atoms with E-state index in [9.17, 15) is 19.2 Å². The van der Waals surface area contributed by atoms with E-state index in [2.05, 4.69) is 10.3 Å². The molecular weight excluding hydrogens is 504 g/mol. The van der Waals surface area contributed by atoms with Crippen molar-refractivity contribution in [2.45, 2.75) is 104 Å². The molecule has 216 valence electrons. The second-order valence-corrected chi connectivity index (χ2v) is 10.9. The lowest BCUT2D eigenvalue weighted by Crippen LogP contribution is -2.47. The third kappa shape index (κ3) is 8.41. The second-order valence-electron chi connectivity index (χ2n) is 10.9. The molecule has 10 nitrogen and oxygen atoms in total. The number of carbonyl (C=O) groups is 4. The van der Waals surface area contributed by atoms with Crippen molar-refractivity contribution in [2.24, 2.45) is 17.8 Å². The Morgan fingerprint density at radius 1 is 1.10 bits per heavy atom. The summed E-state index contributed by atoms with van der Waals surface area (Å²) < 4.78 is 22.2. The van der Waals surface area contributed by atoms with Crippen molar-refractivity contribution in [3.63, 3.8) is 0 Å². The van der Waals surface area contributed by atoms with Crippen LogP contribution >= 0.6 is 0 Å². The molecule has 1 amide bonds. The van der Waals surface area contributed by atoms with E-state index >= 15 is 0 Å². The Morgan fingerprint density at radius 2 is 1.77 bits per heavy atom. The maximum atomic E-state index is 13.3. The monoisotopic (exact) mass is 546 g/mol. The molecule has 2 fully saturated rings. The summed E-state index contributed by atoms with van der Waals surface area (Å²) in [5.41, 5.74) is -0.178. The van der Waals surface area contributed by atoms with Crippen molar-refractivity contribution in [3.05, 3.63) is 18.0 Å². The van der Waals surface area contributed by atoms with Gasteiger partial charge in [-0.05, 0) is 38.0 Å². The number of ether oxygens (including phenoxy) is 4. The van der Waals surface area contributed by atoms with Crippen molar-refractivity contribution in [1.82, 2.24) is 10.3 Å². The predicted molar refractivity (Wildman–Crippen MR) is 142 cm³/mol.